The van der Waals surface area contributed by atoms with Gasteiger partial charge in [0.15, 0.2) is 5.75 Å². The zero-order chi connectivity index (χ0) is 29.9. The fraction of sp³-hybridized carbons (Fsp3) is 0.424. The van der Waals surface area contributed by atoms with Crippen molar-refractivity contribution in [3.05, 3.63) is 64.6 Å². The van der Waals surface area contributed by atoms with Gasteiger partial charge in [-0.3, -0.25) is 0 Å². The number of H-pyrrole nitrogens is 1. The lowest BCUT2D eigenvalue weighted by Gasteiger charge is -2.18. The highest BCUT2D eigenvalue weighted by atomic mass is 35.5. The van der Waals surface area contributed by atoms with Gasteiger partial charge in [-0.25, -0.2) is 4.98 Å². The van der Waals surface area contributed by atoms with E-state index in [2.05, 4.69) is 42.5 Å². The lowest BCUT2D eigenvalue weighted by molar-refractivity contribution is 0.243. The molecule has 0 unspecified atom stereocenters. The van der Waals surface area contributed by atoms with Gasteiger partial charge in [0.1, 0.15) is 28.6 Å². The van der Waals surface area contributed by atoms with Crippen LogP contribution in [-0.2, 0) is 0 Å². The molecule has 4 aromatic rings. The molecular formula is C33H42Cl2N4O3. The molecule has 7 nitrogen and oxygen atoms in total. The Labute approximate surface area is 259 Å². The first kappa shape index (κ1) is 32.0. The number of fused-ring (bicyclic) bond motifs is 1. The highest BCUT2D eigenvalue weighted by molar-refractivity contribution is 6.42. The van der Waals surface area contributed by atoms with E-state index in [4.69, 9.17) is 42.4 Å². The molecule has 3 aromatic carbocycles. The summed E-state index contributed by atoms with van der Waals surface area (Å²) in [5.41, 5.74) is 2.53. The van der Waals surface area contributed by atoms with E-state index in [0.717, 1.165) is 86.0 Å². The minimum Gasteiger partial charge on any atom is -0.493 e. The molecule has 0 bridgehead atoms. The van der Waals surface area contributed by atoms with Gasteiger partial charge in [0.2, 0.25) is 0 Å². The van der Waals surface area contributed by atoms with Crippen molar-refractivity contribution in [2.75, 3.05) is 52.5 Å². The van der Waals surface area contributed by atoms with Crippen molar-refractivity contribution in [1.29, 1.82) is 0 Å². The van der Waals surface area contributed by atoms with Gasteiger partial charge < -0.3 is 29.0 Å². The van der Waals surface area contributed by atoms with Crippen LogP contribution < -0.4 is 14.2 Å². The molecule has 1 heterocycles. The molecule has 0 saturated heterocycles. The number of nitrogens with one attached hydrogen (secondary N) is 1. The van der Waals surface area contributed by atoms with Crippen molar-refractivity contribution in [3.63, 3.8) is 0 Å². The van der Waals surface area contributed by atoms with Crippen LogP contribution in [0.4, 0.5) is 0 Å². The minimum atomic E-state index is 0.443. The van der Waals surface area contributed by atoms with Gasteiger partial charge >= 0.3 is 0 Å². The van der Waals surface area contributed by atoms with Gasteiger partial charge in [-0.1, -0.05) is 63.0 Å². The number of aromatic nitrogens is 2. The predicted molar refractivity (Wildman–Crippen MR) is 174 cm³/mol. The summed E-state index contributed by atoms with van der Waals surface area (Å²) in [6, 6.07) is 16.9. The number of rotatable bonds is 17. The molecule has 0 aliphatic carbocycles. The Morgan fingerprint density at radius 2 is 1.38 bits per heavy atom. The van der Waals surface area contributed by atoms with E-state index in [1.165, 1.54) is 0 Å². The first-order valence-electron chi connectivity index (χ1n) is 14.9. The van der Waals surface area contributed by atoms with Crippen LogP contribution >= 0.6 is 23.2 Å². The summed E-state index contributed by atoms with van der Waals surface area (Å²) in [5.74, 6) is 3.48. The SMILES string of the molecule is CCN(CC)CCCOc1cc(OCCCN(CC)CC)c2nc(-c3cccc(Oc4ccc(Cl)c(Cl)c4)c3)[nH]c2c1. The largest absolute Gasteiger partial charge is 0.493 e. The zero-order valence-corrected chi connectivity index (χ0v) is 26.6. The van der Waals surface area contributed by atoms with E-state index in [1.807, 2.05) is 36.4 Å². The molecule has 0 spiro atoms. The Kier molecular flexibility index (Phi) is 12.2. The third-order valence-electron chi connectivity index (χ3n) is 7.31. The standard InChI is InChI=1S/C33H42Cl2N4O3/c1-5-38(6-2)16-10-18-40-27-22-30-32(31(23-27)41-19-11-17-39(7-3)8-4)37-33(36-30)24-12-9-13-25(20-24)42-26-14-15-28(34)29(35)21-26/h9,12-15,20-23H,5-8,10-11,16-19H2,1-4H3,(H,36,37). The minimum absolute atomic E-state index is 0.443. The van der Waals surface area contributed by atoms with Crippen LogP contribution in [0.25, 0.3) is 22.4 Å². The van der Waals surface area contributed by atoms with Crippen LogP contribution in [-0.4, -0.2) is 72.3 Å². The average molecular weight is 614 g/mol. The fourth-order valence-electron chi connectivity index (χ4n) is 4.80. The van der Waals surface area contributed by atoms with Crippen LogP contribution in [0, 0.1) is 0 Å². The average Bonchev–Trinajstić information content (AvgIpc) is 3.44. The molecule has 0 fully saturated rings. The Bertz CT molecular complexity index is 1420. The third-order valence-corrected chi connectivity index (χ3v) is 8.05. The lowest BCUT2D eigenvalue weighted by atomic mass is 10.2. The monoisotopic (exact) mass is 612 g/mol. The van der Waals surface area contributed by atoms with Gasteiger partial charge in [-0.05, 0) is 63.3 Å². The number of hydrogen-bond donors (Lipinski definition) is 1. The van der Waals surface area contributed by atoms with Gasteiger partial charge in [0.25, 0.3) is 0 Å². The second-order valence-electron chi connectivity index (χ2n) is 10.1. The van der Waals surface area contributed by atoms with Crippen molar-refractivity contribution in [1.82, 2.24) is 19.8 Å². The van der Waals surface area contributed by atoms with Gasteiger partial charge in [0, 0.05) is 36.9 Å². The summed E-state index contributed by atoms with van der Waals surface area (Å²) < 4.78 is 18.5. The highest BCUT2D eigenvalue weighted by Gasteiger charge is 2.15. The zero-order valence-electron chi connectivity index (χ0n) is 25.1. The smallest absolute Gasteiger partial charge is 0.150 e. The number of nitrogens with zero attached hydrogens (tertiary/aromatic N) is 3. The van der Waals surface area contributed by atoms with Crippen LogP contribution in [0.5, 0.6) is 23.0 Å². The van der Waals surface area contributed by atoms with Crippen LogP contribution in [0.2, 0.25) is 10.0 Å². The molecule has 0 radical (unpaired) electrons. The van der Waals surface area contributed by atoms with Crippen LogP contribution in [0.15, 0.2) is 54.6 Å². The van der Waals surface area contributed by atoms with E-state index in [-0.39, 0.29) is 0 Å². The first-order chi connectivity index (χ1) is 20.4. The van der Waals surface area contributed by atoms with Crippen LogP contribution in [0.3, 0.4) is 0 Å². The summed E-state index contributed by atoms with van der Waals surface area (Å²) in [6.07, 6.45) is 1.89. The summed E-state index contributed by atoms with van der Waals surface area (Å²) >= 11 is 12.2. The maximum atomic E-state index is 6.31. The quantitative estimate of drug-likeness (QED) is 0.120. The molecule has 42 heavy (non-hydrogen) atoms. The predicted octanol–water partition coefficient (Wildman–Crippen LogP) is 8.55. The second-order valence-corrected chi connectivity index (χ2v) is 10.9. The maximum absolute atomic E-state index is 6.31. The highest BCUT2D eigenvalue weighted by Crippen LogP contribution is 2.34. The molecule has 9 heteroatoms. The van der Waals surface area contributed by atoms with E-state index in [1.54, 1.807) is 18.2 Å². The number of benzene rings is 3. The molecule has 0 amide bonds. The Morgan fingerprint density at radius 3 is 2.05 bits per heavy atom. The summed E-state index contributed by atoms with van der Waals surface area (Å²) in [5, 5.41) is 0.927. The third kappa shape index (κ3) is 8.77. The summed E-state index contributed by atoms with van der Waals surface area (Å²) in [6.45, 7) is 16.2. The number of ether oxygens (including phenoxy) is 3. The summed E-state index contributed by atoms with van der Waals surface area (Å²) in [4.78, 5) is 13.2. The van der Waals surface area contributed by atoms with Crippen molar-refractivity contribution in [3.8, 4) is 34.4 Å². The molecular weight excluding hydrogens is 571 g/mol. The van der Waals surface area contributed by atoms with Gasteiger partial charge in [0.05, 0.1) is 28.8 Å². The van der Waals surface area contributed by atoms with Gasteiger partial charge in [-0.15, -0.1) is 0 Å². The maximum Gasteiger partial charge on any atom is 0.150 e. The molecule has 226 valence electrons. The lowest BCUT2D eigenvalue weighted by Crippen LogP contribution is -2.25. The number of hydrogen-bond acceptors (Lipinski definition) is 6. The van der Waals surface area contributed by atoms with Crippen molar-refractivity contribution < 1.29 is 14.2 Å². The molecule has 0 saturated carbocycles. The molecule has 0 aliphatic rings. The van der Waals surface area contributed by atoms with Crippen molar-refractivity contribution >= 4 is 34.2 Å². The molecule has 0 atom stereocenters. The molecule has 0 aliphatic heterocycles. The fourth-order valence-corrected chi connectivity index (χ4v) is 5.09. The first-order valence-corrected chi connectivity index (χ1v) is 15.7. The normalized spacial score (nSPS) is 11.5. The number of imidazole rings is 1. The van der Waals surface area contributed by atoms with Crippen LogP contribution in [0.1, 0.15) is 40.5 Å². The van der Waals surface area contributed by atoms with Crippen molar-refractivity contribution in [2.24, 2.45) is 0 Å². The Morgan fingerprint density at radius 1 is 0.714 bits per heavy atom. The van der Waals surface area contributed by atoms with E-state index in [9.17, 15) is 0 Å². The second kappa shape index (κ2) is 16.0. The summed E-state index contributed by atoms with van der Waals surface area (Å²) in [7, 11) is 0. The Balaban J connectivity index is 1.55. The number of aromatic amines is 1. The Hall–Kier alpha value is -2.97. The van der Waals surface area contributed by atoms with E-state index >= 15 is 0 Å². The molecule has 4 rings (SSSR count). The van der Waals surface area contributed by atoms with E-state index in [0.29, 0.717) is 34.8 Å². The number of halogens is 2. The molecule has 1 aromatic heterocycles. The van der Waals surface area contributed by atoms with E-state index < -0.39 is 0 Å². The topological polar surface area (TPSA) is 62.9 Å². The van der Waals surface area contributed by atoms with Crippen molar-refractivity contribution in [2.45, 2.75) is 40.5 Å². The molecule has 1 N–H and O–H groups in total. The van der Waals surface area contributed by atoms with Gasteiger partial charge in [-0.2, -0.15) is 0 Å².